The van der Waals surface area contributed by atoms with Crippen molar-refractivity contribution in [2.45, 2.75) is 20.0 Å². The van der Waals surface area contributed by atoms with Crippen molar-refractivity contribution in [1.82, 2.24) is 14.5 Å². The molecule has 3 heterocycles. The van der Waals surface area contributed by atoms with Gasteiger partial charge in [0.25, 0.3) is 11.5 Å². The molecule has 1 amide bonds. The number of benzene rings is 2. The highest BCUT2D eigenvalue weighted by atomic mass is 19.1. The number of carbonyl (C=O) groups is 1. The standard InChI is InChI=1S/C34H29F2N5O5/c1-3-45-29-13-17-41(24-7-4-22(35)5-8-24)34(44)31(29)33(43)40-23-6-9-28(26(36)19-23)46-30(10-14-37)32-25(12-16-39-32)21-11-15-38-27(18-21)20(2)42/h4-20,37,39,42H,3H2,1-2H3,(H,40,43)/b30-10+,37-14?. The fourth-order valence-electron chi connectivity index (χ4n) is 4.68. The third kappa shape index (κ3) is 6.76. The zero-order valence-corrected chi connectivity index (χ0v) is 24.8. The van der Waals surface area contributed by atoms with Gasteiger partial charge in [-0.3, -0.25) is 19.1 Å². The molecule has 0 bridgehead atoms. The first-order valence-electron chi connectivity index (χ1n) is 14.2. The summed E-state index contributed by atoms with van der Waals surface area (Å²) in [6.07, 6.45) is 6.19. The maximum atomic E-state index is 15.4. The average molecular weight is 626 g/mol. The largest absolute Gasteiger partial charge is 0.493 e. The van der Waals surface area contributed by atoms with Gasteiger partial charge in [-0.1, -0.05) is 0 Å². The lowest BCUT2D eigenvalue weighted by Gasteiger charge is -2.15. The van der Waals surface area contributed by atoms with Gasteiger partial charge in [0.15, 0.2) is 17.3 Å². The highest BCUT2D eigenvalue weighted by molar-refractivity contribution is 6.06. The summed E-state index contributed by atoms with van der Waals surface area (Å²) in [7, 11) is 0. The number of carbonyl (C=O) groups excluding carboxylic acids is 1. The average Bonchev–Trinajstić information content (AvgIpc) is 3.53. The molecule has 0 aliphatic rings. The van der Waals surface area contributed by atoms with Gasteiger partial charge < -0.3 is 30.3 Å². The van der Waals surface area contributed by atoms with Crippen LogP contribution in [-0.4, -0.2) is 38.4 Å². The zero-order chi connectivity index (χ0) is 32.8. The summed E-state index contributed by atoms with van der Waals surface area (Å²) in [5.74, 6) is -2.19. The number of allylic oxidation sites excluding steroid dienone is 1. The van der Waals surface area contributed by atoms with Crippen molar-refractivity contribution in [2.75, 3.05) is 11.9 Å². The second kappa shape index (κ2) is 13.8. The van der Waals surface area contributed by atoms with Gasteiger partial charge in [0.1, 0.15) is 17.1 Å². The van der Waals surface area contributed by atoms with E-state index in [0.29, 0.717) is 28.2 Å². The van der Waals surface area contributed by atoms with E-state index >= 15 is 4.39 Å². The second-order valence-electron chi connectivity index (χ2n) is 9.95. The summed E-state index contributed by atoms with van der Waals surface area (Å²) in [6, 6.07) is 15.6. The third-order valence-corrected chi connectivity index (χ3v) is 6.84. The van der Waals surface area contributed by atoms with Crippen LogP contribution < -0.4 is 20.3 Å². The topological polar surface area (TPSA) is 142 Å². The van der Waals surface area contributed by atoms with Crippen LogP contribution in [0.5, 0.6) is 11.5 Å². The monoisotopic (exact) mass is 625 g/mol. The first-order valence-corrected chi connectivity index (χ1v) is 14.2. The molecule has 0 fully saturated rings. The fraction of sp³-hybridized carbons (Fsp3) is 0.118. The normalized spacial score (nSPS) is 12.0. The van der Waals surface area contributed by atoms with Crippen molar-refractivity contribution >= 4 is 23.6 Å². The molecule has 10 nitrogen and oxygen atoms in total. The molecule has 1 unspecified atom stereocenters. The summed E-state index contributed by atoms with van der Waals surface area (Å²) in [5, 5.41) is 20.1. The Kier molecular flexibility index (Phi) is 9.48. The van der Waals surface area contributed by atoms with E-state index in [1.165, 1.54) is 59.3 Å². The number of halogens is 2. The van der Waals surface area contributed by atoms with Gasteiger partial charge >= 0.3 is 0 Å². The van der Waals surface area contributed by atoms with Crippen molar-refractivity contribution < 1.29 is 28.2 Å². The number of ether oxygens (including phenoxy) is 2. The van der Waals surface area contributed by atoms with E-state index in [1.54, 1.807) is 44.4 Å². The zero-order valence-electron chi connectivity index (χ0n) is 24.8. The minimum Gasteiger partial charge on any atom is -0.493 e. The molecule has 12 heteroatoms. The predicted octanol–water partition coefficient (Wildman–Crippen LogP) is 6.28. The van der Waals surface area contributed by atoms with Crippen LogP contribution in [0.2, 0.25) is 0 Å². The van der Waals surface area contributed by atoms with E-state index in [4.69, 9.17) is 14.9 Å². The van der Waals surface area contributed by atoms with Crippen LogP contribution >= 0.6 is 0 Å². The number of aromatic nitrogens is 3. The van der Waals surface area contributed by atoms with Crippen LogP contribution in [0.1, 0.15) is 41.7 Å². The minimum atomic E-state index is -0.840. The number of nitrogens with one attached hydrogen (secondary N) is 3. The van der Waals surface area contributed by atoms with E-state index < -0.39 is 29.2 Å². The quantitative estimate of drug-likeness (QED) is 0.101. The Hall–Kier alpha value is -5.88. The van der Waals surface area contributed by atoms with Crippen molar-refractivity contribution in [3.05, 3.63) is 130 Å². The van der Waals surface area contributed by atoms with Crippen molar-refractivity contribution in [3.63, 3.8) is 0 Å². The Morgan fingerprint density at radius 2 is 1.89 bits per heavy atom. The van der Waals surface area contributed by atoms with Gasteiger partial charge in [0.05, 0.1) is 24.1 Å². The van der Waals surface area contributed by atoms with Crippen molar-refractivity contribution in [2.24, 2.45) is 0 Å². The van der Waals surface area contributed by atoms with Crippen molar-refractivity contribution in [3.8, 4) is 28.3 Å². The molecule has 46 heavy (non-hydrogen) atoms. The number of aliphatic hydroxyl groups is 1. The minimum absolute atomic E-state index is 0.0294. The molecular weight excluding hydrogens is 596 g/mol. The summed E-state index contributed by atoms with van der Waals surface area (Å²) < 4.78 is 41.4. The van der Waals surface area contributed by atoms with E-state index in [1.807, 2.05) is 0 Å². The first-order chi connectivity index (χ1) is 22.2. The molecule has 1 atom stereocenters. The summed E-state index contributed by atoms with van der Waals surface area (Å²) >= 11 is 0. The number of aliphatic hydroxyl groups excluding tert-OH is 1. The molecule has 4 N–H and O–H groups in total. The Balaban J connectivity index is 1.41. The number of hydrogen-bond acceptors (Lipinski definition) is 7. The number of hydrogen-bond donors (Lipinski definition) is 4. The third-order valence-electron chi connectivity index (χ3n) is 6.84. The number of aromatic amines is 1. The molecule has 0 radical (unpaired) electrons. The van der Waals surface area contributed by atoms with Gasteiger partial charge in [-0.15, -0.1) is 0 Å². The number of amides is 1. The van der Waals surface area contributed by atoms with Gasteiger partial charge in [-0.2, -0.15) is 0 Å². The van der Waals surface area contributed by atoms with Gasteiger partial charge in [-0.25, -0.2) is 8.78 Å². The van der Waals surface area contributed by atoms with Gasteiger partial charge in [0.2, 0.25) is 0 Å². The molecular formula is C34H29F2N5O5. The summed E-state index contributed by atoms with van der Waals surface area (Å²) in [5.41, 5.74) is 1.63. The number of anilines is 1. The summed E-state index contributed by atoms with van der Waals surface area (Å²) in [6.45, 7) is 3.48. The Labute approximate surface area is 262 Å². The number of pyridine rings is 2. The van der Waals surface area contributed by atoms with E-state index in [9.17, 15) is 19.1 Å². The fourth-order valence-corrected chi connectivity index (χ4v) is 4.68. The molecule has 0 aliphatic carbocycles. The van der Waals surface area contributed by atoms with Gasteiger partial charge in [-0.05, 0) is 80.1 Å². The molecule has 0 spiro atoms. The molecule has 5 rings (SSSR count). The predicted molar refractivity (Wildman–Crippen MR) is 170 cm³/mol. The Morgan fingerprint density at radius 1 is 1.11 bits per heavy atom. The van der Waals surface area contributed by atoms with E-state index in [0.717, 1.165) is 12.3 Å². The van der Waals surface area contributed by atoms with E-state index in [2.05, 4.69) is 15.3 Å². The lowest BCUT2D eigenvalue weighted by atomic mass is 10.0. The van der Waals surface area contributed by atoms with Crippen LogP contribution in [0, 0.1) is 17.0 Å². The first kappa shape index (κ1) is 31.5. The Bertz CT molecular complexity index is 1980. The van der Waals surface area contributed by atoms with Crippen LogP contribution in [0.25, 0.3) is 22.6 Å². The smallest absolute Gasteiger partial charge is 0.271 e. The second-order valence-corrected chi connectivity index (χ2v) is 9.95. The SMILES string of the molecule is CCOc1ccn(-c2ccc(F)cc2)c(=O)c1C(=O)Nc1ccc(O/C(=C/C=N)c2[nH]ccc2-c2ccnc(C(C)O)c2)c(F)c1. The van der Waals surface area contributed by atoms with Crippen LogP contribution in [0.4, 0.5) is 14.5 Å². The van der Waals surface area contributed by atoms with Crippen LogP contribution in [0.15, 0.2) is 96.2 Å². The molecule has 0 saturated heterocycles. The highest BCUT2D eigenvalue weighted by Gasteiger charge is 2.22. The summed E-state index contributed by atoms with van der Waals surface area (Å²) in [4.78, 5) is 33.9. The Morgan fingerprint density at radius 3 is 2.59 bits per heavy atom. The van der Waals surface area contributed by atoms with Crippen LogP contribution in [-0.2, 0) is 0 Å². The number of H-pyrrole nitrogens is 1. The lowest BCUT2D eigenvalue weighted by Crippen LogP contribution is -2.29. The number of rotatable bonds is 11. The van der Waals surface area contributed by atoms with Crippen molar-refractivity contribution in [1.29, 1.82) is 5.41 Å². The molecule has 0 saturated carbocycles. The van der Waals surface area contributed by atoms with Crippen LogP contribution in [0.3, 0.4) is 0 Å². The van der Waals surface area contributed by atoms with Gasteiger partial charge in [0, 0.05) is 53.9 Å². The molecule has 0 aliphatic heterocycles. The molecule has 5 aromatic rings. The molecule has 2 aromatic carbocycles. The maximum absolute atomic E-state index is 15.4. The maximum Gasteiger partial charge on any atom is 0.271 e. The molecule has 234 valence electrons. The number of nitrogens with zero attached hydrogens (tertiary/aromatic N) is 2. The highest BCUT2D eigenvalue weighted by Crippen LogP contribution is 2.32. The van der Waals surface area contributed by atoms with E-state index in [-0.39, 0.29) is 35.1 Å². The molecule has 3 aromatic heterocycles. The lowest BCUT2D eigenvalue weighted by molar-refractivity contribution is 0.102.